The summed E-state index contributed by atoms with van der Waals surface area (Å²) < 4.78 is 5.88. The van der Waals surface area contributed by atoms with Crippen LogP contribution in [0.25, 0.3) is 0 Å². The second kappa shape index (κ2) is 11.9. The van der Waals surface area contributed by atoms with Gasteiger partial charge in [-0.15, -0.1) is 0 Å². The maximum absolute atomic E-state index is 5.88. The molecule has 0 aliphatic heterocycles. The lowest BCUT2D eigenvalue weighted by atomic mass is 10.1. The van der Waals surface area contributed by atoms with Gasteiger partial charge in [0.25, 0.3) is 0 Å². The van der Waals surface area contributed by atoms with E-state index < -0.39 is 0 Å². The highest BCUT2D eigenvalue weighted by atomic mass is 16.5. The molecule has 0 saturated carbocycles. The summed E-state index contributed by atoms with van der Waals surface area (Å²) >= 11 is 0. The molecule has 1 aromatic carbocycles. The van der Waals surface area contributed by atoms with E-state index in [0.717, 1.165) is 38.6 Å². The number of benzene rings is 1. The summed E-state index contributed by atoms with van der Waals surface area (Å²) in [5, 5.41) is 6.66. The lowest BCUT2D eigenvalue weighted by Crippen LogP contribution is -2.42. The van der Waals surface area contributed by atoms with Crippen molar-refractivity contribution in [1.82, 2.24) is 15.5 Å². The lowest BCUT2D eigenvalue weighted by Gasteiger charge is -2.21. The topological polar surface area (TPSA) is 48.9 Å². The van der Waals surface area contributed by atoms with E-state index in [2.05, 4.69) is 60.5 Å². The van der Waals surface area contributed by atoms with Crippen molar-refractivity contribution in [3.05, 3.63) is 35.9 Å². The van der Waals surface area contributed by atoms with Gasteiger partial charge in [0.1, 0.15) is 0 Å². The van der Waals surface area contributed by atoms with Gasteiger partial charge in [0.15, 0.2) is 5.96 Å². The van der Waals surface area contributed by atoms with Gasteiger partial charge in [-0.05, 0) is 39.8 Å². The molecule has 0 aliphatic carbocycles. The Morgan fingerprint density at radius 2 is 1.79 bits per heavy atom. The van der Waals surface area contributed by atoms with Crippen molar-refractivity contribution in [2.45, 2.75) is 39.3 Å². The first-order chi connectivity index (χ1) is 11.5. The number of guanidine groups is 1. The maximum atomic E-state index is 5.88. The van der Waals surface area contributed by atoms with Crippen LogP contribution in [0.5, 0.6) is 0 Å². The fourth-order valence-electron chi connectivity index (χ4n) is 2.19. The molecule has 0 amide bonds. The van der Waals surface area contributed by atoms with Crippen LogP contribution in [0.2, 0.25) is 0 Å². The molecule has 0 saturated heterocycles. The highest BCUT2D eigenvalue weighted by Gasteiger charge is 2.05. The highest BCUT2D eigenvalue weighted by molar-refractivity contribution is 5.79. The minimum atomic E-state index is 0.134. The van der Waals surface area contributed by atoms with Crippen LogP contribution in [0.4, 0.5) is 0 Å². The summed E-state index contributed by atoms with van der Waals surface area (Å²) in [6.45, 7) is 9.95. The van der Waals surface area contributed by atoms with Crippen LogP contribution >= 0.6 is 0 Å². The summed E-state index contributed by atoms with van der Waals surface area (Å²) in [7, 11) is 3.93. The molecule has 0 aliphatic rings. The Morgan fingerprint density at radius 1 is 1.12 bits per heavy atom. The van der Waals surface area contributed by atoms with Crippen LogP contribution in [0.15, 0.2) is 35.3 Å². The lowest BCUT2D eigenvalue weighted by molar-refractivity contribution is 0.0646. The van der Waals surface area contributed by atoms with E-state index in [1.807, 2.05) is 18.2 Å². The van der Waals surface area contributed by atoms with Gasteiger partial charge in [0.2, 0.25) is 0 Å². The average Bonchev–Trinajstić information content (AvgIpc) is 2.60. The number of hydrogen-bond donors (Lipinski definition) is 2. The normalized spacial score (nSPS) is 13.4. The fourth-order valence-corrected chi connectivity index (χ4v) is 2.19. The zero-order valence-electron chi connectivity index (χ0n) is 15.9. The smallest absolute Gasteiger partial charge is 0.191 e. The first-order valence-corrected chi connectivity index (χ1v) is 8.86. The van der Waals surface area contributed by atoms with E-state index in [9.17, 15) is 0 Å². The third-order valence-electron chi connectivity index (χ3n) is 4.11. The van der Waals surface area contributed by atoms with Gasteiger partial charge in [-0.25, -0.2) is 0 Å². The minimum Gasteiger partial charge on any atom is -0.374 e. The third-order valence-corrected chi connectivity index (χ3v) is 4.11. The van der Waals surface area contributed by atoms with Crippen LogP contribution in [0.3, 0.4) is 0 Å². The Hall–Kier alpha value is -1.59. The molecule has 0 bridgehead atoms. The van der Waals surface area contributed by atoms with Crippen LogP contribution in [0, 0.1) is 0 Å². The van der Waals surface area contributed by atoms with E-state index in [1.54, 1.807) is 7.05 Å². The average molecular weight is 335 g/mol. The monoisotopic (exact) mass is 334 g/mol. The fraction of sp³-hybridized carbons (Fsp3) is 0.632. The van der Waals surface area contributed by atoms with Crippen molar-refractivity contribution < 1.29 is 4.74 Å². The Bertz CT molecular complexity index is 462. The van der Waals surface area contributed by atoms with E-state index in [0.29, 0.717) is 6.04 Å². The molecular formula is C19H34N4O. The summed E-state index contributed by atoms with van der Waals surface area (Å²) in [6, 6.07) is 10.9. The van der Waals surface area contributed by atoms with Gasteiger partial charge in [0.05, 0.1) is 6.10 Å². The van der Waals surface area contributed by atoms with Crippen molar-refractivity contribution >= 4 is 5.96 Å². The number of nitrogens with one attached hydrogen (secondary N) is 2. The molecule has 5 nitrogen and oxygen atoms in total. The van der Waals surface area contributed by atoms with Gasteiger partial charge in [-0.1, -0.05) is 30.3 Å². The molecule has 0 heterocycles. The number of aliphatic imine (C=N–C) groups is 1. The van der Waals surface area contributed by atoms with Crippen molar-refractivity contribution in [3.8, 4) is 0 Å². The molecular weight excluding hydrogens is 300 g/mol. The number of ether oxygens (including phenoxy) is 1. The number of nitrogens with zero attached hydrogens (tertiary/aromatic N) is 2. The number of rotatable bonds is 10. The molecule has 1 rings (SSSR count). The predicted octanol–water partition coefficient (Wildman–Crippen LogP) is 2.66. The van der Waals surface area contributed by atoms with E-state index in [4.69, 9.17) is 4.74 Å². The zero-order chi connectivity index (χ0) is 17.8. The summed E-state index contributed by atoms with van der Waals surface area (Å²) in [5.41, 5.74) is 1.22. The largest absolute Gasteiger partial charge is 0.374 e. The molecule has 1 unspecified atom stereocenters. The standard InChI is InChI=1S/C19H34N4O/c1-16(2)23(5)14-13-22-19(20-4)21-12-9-15-24-17(3)18-10-7-6-8-11-18/h6-8,10-11,16-17H,9,12-15H2,1-5H3,(H2,20,21,22). The Morgan fingerprint density at radius 3 is 2.42 bits per heavy atom. The second-order valence-electron chi connectivity index (χ2n) is 6.28. The molecule has 2 N–H and O–H groups in total. The van der Waals surface area contributed by atoms with Gasteiger partial charge >= 0.3 is 0 Å². The first-order valence-electron chi connectivity index (χ1n) is 8.86. The van der Waals surface area contributed by atoms with E-state index >= 15 is 0 Å². The number of hydrogen-bond acceptors (Lipinski definition) is 3. The molecule has 0 aromatic heterocycles. The van der Waals surface area contributed by atoms with E-state index in [-0.39, 0.29) is 6.10 Å². The maximum Gasteiger partial charge on any atom is 0.191 e. The molecule has 24 heavy (non-hydrogen) atoms. The van der Waals surface area contributed by atoms with Crippen molar-refractivity contribution in [1.29, 1.82) is 0 Å². The second-order valence-corrected chi connectivity index (χ2v) is 6.28. The van der Waals surface area contributed by atoms with Gasteiger partial charge in [-0.2, -0.15) is 0 Å². The summed E-state index contributed by atoms with van der Waals surface area (Å²) in [5.74, 6) is 0.850. The highest BCUT2D eigenvalue weighted by Crippen LogP contribution is 2.15. The molecule has 1 aromatic rings. The zero-order valence-corrected chi connectivity index (χ0v) is 15.9. The molecule has 0 spiro atoms. The van der Waals surface area contributed by atoms with Crippen molar-refractivity contribution in [2.24, 2.45) is 4.99 Å². The summed E-state index contributed by atoms with van der Waals surface area (Å²) in [6.07, 6.45) is 1.08. The minimum absolute atomic E-state index is 0.134. The SMILES string of the molecule is CN=C(NCCCOC(C)c1ccccc1)NCCN(C)C(C)C. The van der Waals surface area contributed by atoms with Crippen molar-refractivity contribution in [2.75, 3.05) is 40.3 Å². The van der Waals surface area contributed by atoms with Crippen LogP contribution in [-0.4, -0.2) is 57.2 Å². The van der Waals surface area contributed by atoms with E-state index in [1.165, 1.54) is 5.56 Å². The van der Waals surface area contributed by atoms with Crippen LogP contribution in [0.1, 0.15) is 38.9 Å². The van der Waals surface area contributed by atoms with Crippen molar-refractivity contribution in [3.63, 3.8) is 0 Å². The third kappa shape index (κ3) is 8.31. The predicted molar refractivity (Wildman–Crippen MR) is 103 cm³/mol. The van der Waals surface area contributed by atoms with Gasteiger partial charge in [-0.3, -0.25) is 4.99 Å². The van der Waals surface area contributed by atoms with Gasteiger partial charge < -0.3 is 20.3 Å². The Labute approximate surface area is 147 Å². The molecule has 0 fully saturated rings. The molecule has 136 valence electrons. The van der Waals surface area contributed by atoms with Crippen LogP contribution in [-0.2, 0) is 4.74 Å². The van der Waals surface area contributed by atoms with Crippen LogP contribution < -0.4 is 10.6 Å². The molecule has 1 atom stereocenters. The molecule has 5 heteroatoms. The first kappa shape index (κ1) is 20.5. The quantitative estimate of drug-likeness (QED) is 0.392. The Kier molecular flexibility index (Phi) is 10.1. The number of likely N-dealkylation sites (N-methyl/N-ethyl adjacent to an activating group) is 1. The molecule has 0 radical (unpaired) electrons. The summed E-state index contributed by atoms with van der Waals surface area (Å²) in [4.78, 5) is 6.55. The Balaban J connectivity index is 2.12. The van der Waals surface area contributed by atoms with Gasteiger partial charge in [0, 0.05) is 39.3 Å².